The van der Waals surface area contributed by atoms with E-state index in [2.05, 4.69) is 15.4 Å². The molecular weight excluding hydrogens is 494 g/mol. The average Bonchev–Trinajstić information content (AvgIpc) is 3.26. The van der Waals surface area contributed by atoms with Gasteiger partial charge in [0.05, 0.1) is 5.70 Å². The number of hydrogen-bond donors (Lipinski definition) is 1. The number of benzene rings is 3. The van der Waals surface area contributed by atoms with E-state index >= 15 is 4.39 Å². The highest BCUT2D eigenvalue weighted by atomic mass is 35.5. The van der Waals surface area contributed by atoms with Crippen LogP contribution in [0.15, 0.2) is 77.5 Å². The Bertz CT molecular complexity index is 1470. The van der Waals surface area contributed by atoms with Gasteiger partial charge in [0, 0.05) is 32.3 Å². The second-order valence-electron chi connectivity index (χ2n) is 7.91. The van der Waals surface area contributed by atoms with Crippen LogP contribution in [0.25, 0.3) is 5.70 Å². The highest BCUT2D eigenvalue weighted by Crippen LogP contribution is 2.52. The molecular formula is C25H17Cl2FN4OS. The van der Waals surface area contributed by atoms with Gasteiger partial charge in [0.2, 0.25) is 11.1 Å². The summed E-state index contributed by atoms with van der Waals surface area (Å²) in [5.41, 5.74) is 3.54. The molecule has 0 unspecified atom stereocenters. The van der Waals surface area contributed by atoms with Crippen LogP contribution in [-0.2, 0) is 0 Å². The number of rotatable bonds is 3. The fraction of sp³-hybridized carbons (Fsp3) is 0.120. The van der Waals surface area contributed by atoms with Crippen molar-refractivity contribution in [1.82, 2.24) is 14.8 Å². The smallest absolute Gasteiger partial charge is 0.227 e. The summed E-state index contributed by atoms with van der Waals surface area (Å²) in [5.74, 6) is 0.816. The van der Waals surface area contributed by atoms with Gasteiger partial charge in [0.25, 0.3) is 0 Å². The zero-order chi connectivity index (χ0) is 23.4. The molecule has 0 spiro atoms. The van der Waals surface area contributed by atoms with Crippen LogP contribution >= 0.6 is 35.0 Å². The van der Waals surface area contributed by atoms with E-state index in [1.807, 2.05) is 48.7 Å². The Morgan fingerprint density at radius 2 is 1.79 bits per heavy atom. The number of hydrogen-bond acceptors (Lipinski definition) is 5. The average molecular weight is 511 g/mol. The largest absolute Gasteiger partial charge is 0.480 e. The lowest BCUT2D eigenvalue weighted by Crippen LogP contribution is -2.33. The van der Waals surface area contributed by atoms with Gasteiger partial charge < -0.3 is 10.1 Å². The van der Waals surface area contributed by atoms with E-state index in [1.54, 1.807) is 22.9 Å². The number of nitrogens with one attached hydrogen (secondary N) is 1. The molecule has 34 heavy (non-hydrogen) atoms. The Balaban J connectivity index is 1.68. The van der Waals surface area contributed by atoms with Gasteiger partial charge in [-0.15, -0.1) is 5.10 Å². The van der Waals surface area contributed by atoms with Crippen molar-refractivity contribution in [3.63, 3.8) is 0 Å². The second-order valence-corrected chi connectivity index (χ2v) is 9.52. The van der Waals surface area contributed by atoms with Crippen LogP contribution in [-0.4, -0.2) is 21.0 Å². The third-order valence-electron chi connectivity index (χ3n) is 5.98. The lowest BCUT2D eigenvalue weighted by molar-refractivity contribution is 0.222. The van der Waals surface area contributed by atoms with Gasteiger partial charge in [-0.05, 0) is 36.6 Å². The molecule has 0 fully saturated rings. The first kappa shape index (κ1) is 21.5. The standard InChI is InChI=1S/C25H17Cl2FN4OS/c1-34-25-30-24-29-21-16-12-13(26)10-11-19(16)33-23(14-6-2-4-8-17(14)27)20(21)22(32(24)31-25)15-7-3-5-9-18(15)28/h2-12,22-23H,1H3,(H,29,30,31)/t22-,23+/m0/s1. The van der Waals surface area contributed by atoms with Crippen LogP contribution < -0.4 is 10.1 Å². The van der Waals surface area contributed by atoms with Crippen LogP contribution in [0.1, 0.15) is 28.8 Å². The van der Waals surface area contributed by atoms with Gasteiger partial charge in [-0.2, -0.15) is 4.98 Å². The molecule has 0 amide bonds. The van der Waals surface area contributed by atoms with Crippen molar-refractivity contribution in [2.45, 2.75) is 17.3 Å². The number of halogens is 3. The molecule has 0 aliphatic carbocycles. The number of anilines is 1. The first-order valence-electron chi connectivity index (χ1n) is 10.5. The molecule has 3 heterocycles. The van der Waals surface area contributed by atoms with Gasteiger partial charge in [-0.25, -0.2) is 9.07 Å². The molecule has 6 rings (SSSR count). The van der Waals surface area contributed by atoms with Crippen molar-refractivity contribution in [3.05, 3.63) is 105 Å². The molecule has 2 atom stereocenters. The molecule has 4 aromatic rings. The maximum atomic E-state index is 15.3. The van der Waals surface area contributed by atoms with E-state index in [1.165, 1.54) is 17.8 Å². The molecule has 5 nitrogen and oxygen atoms in total. The number of aromatic nitrogens is 3. The third-order valence-corrected chi connectivity index (χ3v) is 7.10. The maximum Gasteiger partial charge on any atom is 0.227 e. The summed E-state index contributed by atoms with van der Waals surface area (Å²) in [7, 11) is 0. The summed E-state index contributed by atoms with van der Waals surface area (Å²) >= 11 is 14.4. The molecule has 170 valence electrons. The van der Waals surface area contributed by atoms with Crippen LogP contribution in [0.2, 0.25) is 10.0 Å². The van der Waals surface area contributed by atoms with E-state index in [0.717, 1.165) is 22.4 Å². The van der Waals surface area contributed by atoms with Crippen LogP contribution in [0.5, 0.6) is 5.75 Å². The summed E-state index contributed by atoms with van der Waals surface area (Å²) in [6.45, 7) is 0. The second kappa shape index (κ2) is 8.34. The summed E-state index contributed by atoms with van der Waals surface area (Å²) in [6, 6.07) is 19.0. The van der Waals surface area contributed by atoms with Crippen molar-refractivity contribution in [1.29, 1.82) is 0 Å². The Kier molecular flexibility index (Phi) is 5.28. The lowest BCUT2D eigenvalue weighted by atomic mass is 9.84. The monoisotopic (exact) mass is 510 g/mol. The van der Waals surface area contributed by atoms with Gasteiger partial charge in [0.15, 0.2) is 6.10 Å². The zero-order valence-corrected chi connectivity index (χ0v) is 20.1. The number of ether oxygens (including phenoxy) is 1. The van der Waals surface area contributed by atoms with Gasteiger partial charge in [-0.3, -0.25) is 0 Å². The van der Waals surface area contributed by atoms with Crippen molar-refractivity contribution in [3.8, 4) is 5.75 Å². The minimum Gasteiger partial charge on any atom is -0.480 e. The SMILES string of the molecule is CSc1nc2n(n1)[C@@H](c1ccccc1F)C1=C(N2)c2cc(Cl)ccc2O[C@@H]1c1ccccc1Cl. The molecule has 1 N–H and O–H groups in total. The lowest BCUT2D eigenvalue weighted by Gasteiger charge is -2.39. The van der Waals surface area contributed by atoms with Gasteiger partial charge in [-0.1, -0.05) is 71.4 Å². The first-order valence-corrected chi connectivity index (χ1v) is 12.5. The minimum atomic E-state index is -0.616. The predicted octanol–water partition coefficient (Wildman–Crippen LogP) is 7.01. The van der Waals surface area contributed by atoms with Crippen molar-refractivity contribution < 1.29 is 9.13 Å². The van der Waals surface area contributed by atoms with E-state index in [4.69, 9.17) is 27.9 Å². The van der Waals surface area contributed by atoms with E-state index in [0.29, 0.717) is 32.5 Å². The first-order chi connectivity index (χ1) is 16.5. The highest BCUT2D eigenvalue weighted by molar-refractivity contribution is 7.98. The topological polar surface area (TPSA) is 52.0 Å². The Morgan fingerprint density at radius 3 is 2.56 bits per heavy atom. The van der Waals surface area contributed by atoms with Crippen LogP contribution in [0.4, 0.5) is 10.3 Å². The quantitative estimate of drug-likeness (QED) is 0.300. The van der Waals surface area contributed by atoms with Crippen molar-refractivity contribution in [2.75, 3.05) is 11.6 Å². The Hall–Kier alpha value is -3.00. The predicted molar refractivity (Wildman–Crippen MR) is 133 cm³/mol. The van der Waals surface area contributed by atoms with E-state index < -0.39 is 12.1 Å². The van der Waals surface area contributed by atoms with Gasteiger partial charge in [0.1, 0.15) is 17.6 Å². The summed E-state index contributed by atoms with van der Waals surface area (Å²) in [6.07, 6.45) is 1.31. The number of thioether (sulfide) groups is 1. The van der Waals surface area contributed by atoms with E-state index in [9.17, 15) is 0 Å². The fourth-order valence-corrected chi connectivity index (χ4v) is 5.27. The van der Waals surface area contributed by atoms with Crippen molar-refractivity contribution >= 4 is 46.6 Å². The Labute approximate surface area is 209 Å². The van der Waals surface area contributed by atoms with Crippen molar-refractivity contribution in [2.24, 2.45) is 0 Å². The molecule has 0 radical (unpaired) electrons. The molecule has 1 aromatic heterocycles. The third kappa shape index (κ3) is 3.38. The number of nitrogens with zero attached hydrogens (tertiary/aromatic N) is 3. The normalized spacial score (nSPS) is 18.5. The summed E-state index contributed by atoms with van der Waals surface area (Å²) in [5, 5.41) is 9.79. The molecule has 0 bridgehead atoms. The zero-order valence-electron chi connectivity index (χ0n) is 17.8. The van der Waals surface area contributed by atoms with Crippen LogP contribution in [0, 0.1) is 5.82 Å². The van der Waals surface area contributed by atoms with E-state index in [-0.39, 0.29) is 5.82 Å². The molecule has 0 saturated carbocycles. The fourth-order valence-electron chi connectivity index (χ4n) is 4.51. The van der Waals surface area contributed by atoms with Gasteiger partial charge >= 0.3 is 0 Å². The minimum absolute atomic E-state index is 0.344. The molecule has 0 saturated heterocycles. The molecule has 3 aromatic carbocycles. The number of fused-ring (bicyclic) bond motifs is 3. The molecule has 2 aliphatic rings. The maximum absolute atomic E-state index is 15.3. The molecule has 9 heteroatoms. The summed E-state index contributed by atoms with van der Waals surface area (Å²) < 4.78 is 23.5. The Morgan fingerprint density at radius 1 is 1.03 bits per heavy atom. The van der Waals surface area contributed by atoms with Crippen LogP contribution in [0.3, 0.4) is 0 Å². The highest BCUT2D eigenvalue weighted by Gasteiger charge is 2.42. The summed E-state index contributed by atoms with van der Waals surface area (Å²) in [4.78, 5) is 4.62. The molecule has 2 aliphatic heterocycles.